The third-order valence-corrected chi connectivity index (χ3v) is 14.8. The summed E-state index contributed by atoms with van der Waals surface area (Å²) in [6.07, 6.45) is 5.57. The number of allylic oxidation sites excluding steroid dienone is 2. The summed E-state index contributed by atoms with van der Waals surface area (Å²) in [6, 6.07) is 14.4. The number of halogens is 1. The Balaban J connectivity index is 1.74. The summed E-state index contributed by atoms with van der Waals surface area (Å²) in [5.74, 6) is -1.45. The molecule has 2 aromatic rings. The molecule has 0 amide bonds. The van der Waals surface area contributed by atoms with E-state index in [0.29, 0.717) is 5.56 Å². The van der Waals surface area contributed by atoms with Gasteiger partial charge in [0.05, 0.1) is 0 Å². The molecule has 1 spiro atoms. The average molecular weight is 519 g/mol. The van der Waals surface area contributed by atoms with Gasteiger partial charge < -0.3 is 0 Å². The summed E-state index contributed by atoms with van der Waals surface area (Å²) in [5.41, 5.74) is 5.57. The van der Waals surface area contributed by atoms with E-state index in [1.165, 1.54) is 63.3 Å². The fourth-order valence-electron chi connectivity index (χ4n) is 5.84. The van der Waals surface area contributed by atoms with Crippen LogP contribution < -0.4 is 0 Å². The first-order valence-electron chi connectivity index (χ1n) is 12.4. The predicted octanol–water partition coefficient (Wildman–Crippen LogP) is 6.39. The van der Waals surface area contributed by atoms with Gasteiger partial charge in [-0.2, -0.15) is 0 Å². The van der Waals surface area contributed by atoms with Crippen LogP contribution in [0.2, 0.25) is 0 Å². The van der Waals surface area contributed by atoms with Crippen molar-refractivity contribution in [3.8, 4) is 0 Å². The summed E-state index contributed by atoms with van der Waals surface area (Å²) < 4.78 is 63.8. The monoisotopic (exact) mass is 518 g/mol. The van der Waals surface area contributed by atoms with Crippen molar-refractivity contribution in [2.24, 2.45) is 5.41 Å². The summed E-state index contributed by atoms with van der Waals surface area (Å²) in [4.78, 5) is 0. The first kappa shape index (κ1) is 26.1. The van der Waals surface area contributed by atoms with Gasteiger partial charge >= 0.3 is 0 Å². The molecule has 1 atom stereocenters. The van der Waals surface area contributed by atoms with Crippen LogP contribution in [0.15, 0.2) is 48.5 Å². The summed E-state index contributed by atoms with van der Waals surface area (Å²) in [6.45, 7) is 6.04. The van der Waals surface area contributed by atoms with E-state index in [2.05, 4.69) is 0 Å². The minimum absolute atomic E-state index is 0.235. The third kappa shape index (κ3) is 4.29. The molecular formula is C28H35FO4S2. The van der Waals surface area contributed by atoms with Crippen LogP contribution in [-0.4, -0.2) is 32.4 Å². The maximum absolute atomic E-state index is 13.6. The molecule has 4 rings (SSSR count). The average Bonchev–Trinajstić information content (AvgIpc) is 3.25. The molecule has 1 unspecified atom stereocenters. The second kappa shape index (κ2) is 9.15. The second-order valence-electron chi connectivity index (χ2n) is 10.3. The van der Waals surface area contributed by atoms with Gasteiger partial charge in [0, 0.05) is 17.4 Å². The van der Waals surface area contributed by atoms with Crippen LogP contribution in [0.25, 0.3) is 11.1 Å². The van der Waals surface area contributed by atoms with Gasteiger partial charge in [0.25, 0.3) is 0 Å². The van der Waals surface area contributed by atoms with Crippen molar-refractivity contribution in [3.05, 3.63) is 71.0 Å². The van der Waals surface area contributed by atoms with Crippen molar-refractivity contribution in [3.63, 3.8) is 0 Å². The second-order valence-corrected chi connectivity index (χ2v) is 15.9. The van der Waals surface area contributed by atoms with Crippen LogP contribution in [0.1, 0.15) is 82.4 Å². The van der Waals surface area contributed by atoms with Gasteiger partial charge in [0.1, 0.15) is 5.82 Å². The molecule has 4 nitrogen and oxygen atoms in total. The Morgan fingerprint density at radius 2 is 1.26 bits per heavy atom. The Morgan fingerprint density at radius 1 is 0.829 bits per heavy atom. The highest BCUT2D eigenvalue weighted by Crippen LogP contribution is 2.59. The smallest absolute Gasteiger partial charge is 0.176 e. The van der Waals surface area contributed by atoms with E-state index in [4.69, 9.17) is 0 Å². The van der Waals surface area contributed by atoms with Gasteiger partial charge in [-0.1, -0.05) is 63.6 Å². The van der Waals surface area contributed by atoms with Crippen LogP contribution in [0, 0.1) is 11.2 Å². The number of hydrogen-bond donors (Lipinski definition) is 0. The van der Waals surface area contributed by atoms with Crippen molar-refractivity contribution in [1.82, 2.24) is 0 Å². The molecule has 190 valence electrons. The van der Waals surface area contributed by atoms with E-state index in [1.54, 1.807) is 6.92 Å². The number of rotatable bonds is 8. The van der Waals surface area contributed by atoms with E-state index in [0.717, 1.165) is 24.0 Å². The maximum atomic E-state index is 13.6. The van der Waals surface area contributed by atoms with E-state index in [-0.39, 0.29) is 22.7 Å². The molecule has 1 saturated carbocycles. The maximum Gasteiger partial charge on any atom is 0.176 e. The summed E-state index contributed by atoms with van der Waals surface area (Å²) in [7, 11) is -7.78. The minimum Gasteiger partial charge on any atom is -0.227 e. The zero-order valence-electron chi connectivity index (χ0n) is 21.0. The van der Waals surface area contributed by atoms with Crippen molar-refractivity contribution in [1.29, 1.82) is 0 Å². The first-order chi connectivity index (χ1) is 16.4. The Labute approximate surface area is 209 Å². The van der Waals surface area contributed by atoms with Gasteiger partial charge in [-0.25, -0.2) is 21.2 Å². The Morgan fingerprint density at radius 3 is 1.63 bits per heavy atom. The van der Waals surface area contributed by atoms with Crippen LogP contribution >= 0.6 is 0 Å². The van der Waals surface area contributed by atoms with Crippen LogP contribution in [0.4, 0.5) is 4.39 Å². The van der Waals surface area contributed by atoms with E-state index >= 15 is 0 Å². The molecule has 2 aliphatic rings. The molecule has 0 aliphatic heterocycles. The molecule has 0 bridgehead atoms. The molecule has 0 N–H and O–H groups in total. The molecule has 35 heavy (non-hydrogen) atoms. The third-order valence-electron chi connectivity index (χ3n) is 8.62. The Kier molecular flexibility index (Phi) is 6.82. The zero-order chi connectivity index (χ0) is 25.6. The molecule has 2 aromatic carbocycles. The van der Waals surface area contributed by atoms with Gasteiger partial charge in [-0.3, -0.25) is 0 Å². The van der Waals surface area contributed by atoms with Crippen molar-refractivity contribution < 1.29 is 21.2 Å². The van der Waals surface area contributed by atoms with Crippen LogP contribution in [0.5, 0.6) is 0 Å². The number of benzene rings is 2. The van der Waals surface area contributed by atoms with Gasteiger partial charge in [0.2, 0.25) is 0 Å². The lowest BCUT2D eigenvalue weighted by Crippen LogP contribution is -2.49. The highest BCUT2D eigenvalue weighted by Gasteiger charge is 2.53. The van der Waals surface area contributed by atoms with Crippen molar-refractivity contribution in [2.45, 2.75) is 69.8 Å². The van der Waals surface area contributed by atoms with E-state index in [9.17, 15) is 21.2 Å². The van der Waals surface area contributed by atoms with Crippen LogP contribution in [-0.2, 0) is 19.7 Å². The molecule has 0 aromatic heterocycles. The summed E-state index contributed by atoms with van der Waals surface area (Å²) >= 11 is 0. The molecular weight excluding hydrogens is 483 g/mol. The molecule has 0 saturated heterocycles. The molecule has 0 heterocycles. The largest absolute Gasteiger partial charge is 0.227 e. The van der Waals surface area contributed by atoms with Gasteiger partial charge in [0.15, 0.2) is 23.8 Å². The normalized spacial score (nSPS) is 19.1. The zero-order valence-corrected chi connectivity index (χ0v) is 22.6. The molecule has 1 fully saturated rings. The Bertz CT molecular complexity index is 1300. The van der Waals surface area contributed by atoms with Gasteiger partial charge in [-0.05, 0) is 78.0 Å². The van der Waals surface area contributed by atoms with Crippen molar-refractivity contribution >= 4 is 30.8 Å². The molecule has 2 aliphatic carbocycles. The predicted molar refractivity (Wildman–Crippen MR) is 141 cm³/mol. The van der Waals surface area contributed by atoms with E-state index < -0.39 is 29.7 Å². The topological polar surface area (TPSA) is 68.3 Å². The highest BCUT2D eigenvalue weighted by atomic mass is 32.3. The summed E-state index contributed by atoms with van der Waals surface area (Å²) in [5, 5.41) is 0. The highest BCUT2D eigenvalue weighted by molar-refractivity contribution is 8.10. The first-order valence-corrected chi connectivity index (χ1v) is 15.7. The quantitative estimate of drug-likeness (QED) is 0.406. The standard InChI is InChI=1S/C28H35FO4S2/c1-5-34(30,31)27(4,35(32,33)6-2)20(3)21-8-10-22(11-9-21)25-18-28(16-7-17-28)19-26(25)23-12-14-24(29)15-13-23/h8-15,20H,5-7,16-19H2,1-4H3. The fraction of sp³-hybridized carbons (Fsp3) is 0.500. The molecule has 7 heteroatoms. The van der Waals surface area contributed by atoms with Crippen LogP contribution in [0.3, 0.4) is 0 Å². The SMILES string of the molecule is CCS(=O)(=O)C(C)(C(C)c1ccc(C2=C(c3ccc(F)cc3)CC3(CCC3)C2)cc1)S(=O)(=O)CC. The van der Waals surface area contributed by atoms with Gasteiger partial charge in [-0.15, -0.1) is 0 Å². The number of sulfone groups is 2. The lowest BCUT2D eigenvalue weighted by molar-refractivity contribution is 0.157. The minimum atomic E-state index is -3.89. The fourth-order valence-corrected chi connectivity index (χ4v) is 10.6. The molecule has 0 radical (unpaired) electrons. The van der Waals surface area contributed by atoms with Crippen molar-refractivity contribution in [2.75, 3.05) is 11.5 Å². The lowest BCUT2D eigenvalue weighted by atomic mass is 9.66. The van der Waals surface area contributed by atoms with E-state index in [1.807, 2.05) is 36.4 Å². The lowest BCUT2D eigenvalue weighted by Gasteiger charge is -2.39. The Hall–Kier alpha value is -1.99. The number of hydrogen-bond acceptors (Lipinski definition) is 4.